The highest BCUT2D eigenvalue weighted by atomic mass is 14.3. The van der Waals surface area contributed by atoms with Crippen LogP contribution in [0.25, 0.3) is 230 Å². The lowest BCUT2D eigenvalue weighted by Gasteiger charge is -2.18. The number of hydrogen-bond donors (Lipinski definition) is 0. The molecule has 588 valence electrons. The van der Waals surface area contributed by atoms with Gasteiger partial charge in [0.05, 0.1) is 0 Å². The smallest absolute Gasteiger partial charge is 0.00262 e. The maximum absolute atomic E-state index is 2.37. The molecule has 0 aromatic heterocycles. The van der Waals surface area contributed by atoms with Crippen LogP contribution in [0.2, 0.25) is 0 Å². The Morgan fingerprint density at radius 2 is 0.270 bits per heavy atom. The van der Waals surface area contributed by atoms with Gasteiger partial charge in [-0.25, -0.2) is 0 Å². The average Bonchev–Trinajstić information content (AvgIpc) is 0.740. The minimum Gasteiger partial charge on any atom is -0.0622 e. The van der Waals surface area contributed by atoms with Crippen LogP contribution < -0.4 is 0 Å². The predicted octanol–water partition coefficient (Wildman–Crippen LogP) is 35.4. The highest BCUT2D eigenvalue weighted by Gasteiger charge is 2.23. The lowest BCUT2D eigenvalue weighted by atomic mass is 9.85. The molecule has 0 saturated heterocycles. The topological polar surface area (TPSA) is 0 Å². The standard InChI is InChI=1S/3C42H28/c1-2-12-29(13-3-1)30-24-26-32(27-25-30)41-37-19-6-8-21-39(37)42(40-22-9-7-20-38(40)41)34-17-10-16-33(28-34)36-23-11-15-31-14-4-5-18-35(31)36;1-2-12-29(13-3-1)33-16-10-17-34(28-33)42-39-21-8-6-19-37(39)41(38-20-7-9-22-40(38)42)32-26-24-31(25-27-32)36-23-11-15-30-14-4-5-18-35(30)36;1-2-11-29(12-3-1)31-21-24-32(25-22-31)41-37-17-6-8-19-39(37)42(40-20-9-7-18-38(40)41)36-16-10-15-34(28-36)35-26-23-30-13-4-5-14-33(30)27-35/h3*1-28H. The highest BCUT2D eigenvalue weighted by Crippen LogP contribution is 2.50. The SMILES string of the molecule is c1ccc(-c2ccc(-c3c4ccccc4c(-c4cccc(-c5ccc6ccccc6c5)c4)c4ccccc34)cc2)cc1.c1ccc(-c2ccc(-c3c4ccccc4c(-c4cccc(-c5cccc6ccccc56)c4)c4ccccc34)cc2)cc1.c1ccc(-c2cccc(-c3c4ccccc4c(-c4ccc(-c5cccc6ccccc56)cc4)c4ccccc34)c2)cc1. The molecule has 24 aromatic carbocycles. The Hall–Kier alpha value is -16.4. The van der Waals surface area contributed by atoms with E-state index < -0.39 is 0 Å². The monoisotopic (exact) mass is 1600 g/mol. The highest BCUT2D eigenvalue weighted by molar-refractivity contribution is 6.25. The van der Waals surface area contributed by atoms with E-state index in [1.165, 1.54) is 230 Å². The van der Waals surface area contributed by atoms with Gasteiger partial charge in [0.15, 0.2) is 0 Å². The summed E-state index contributed by atoms with van der Waals surface area (Å²) in [4.78, 5) is 0. The van der Waals surface area contributed by atoms with Crippen LogP contribution >= 0.6 is 0 Å². The average molecular weight is 1600 g/mol. The Labute approximate surface area is 734 Å². The largest absolute Gasteiger partial charge is 0.0622 e. The van der Waals surface area contributed by atoms with E-state index >= 15 is 0 Å². The van der Waals surface area contributed by atoms with Crippen LogP contribution in [-0.4, -0.2) is 0 Å². The summed E-state index contributed by atoms with van der Waals surface area (Å²) in [5, 5.41) is 22.9. The fourth-order valence-corrected chi connectivity index (χ4v) is 19.5. The Morgan fingerprint density at radius 1 is 0.0794 bits per heavy atom. The van der Waals surface area contributed by atoms with Gasteiger partial charge in [-0.15, -0.1) is 0 Å². The van der Waals surface area contributed by atoms with Crippen LogP contribution in [0.1, 0.15) is 0 Å². The first-order valence-corrected chi connectivity index (χ1v) is 43.6. The molecule has 0 N–H and O–H groups in total. The van der Waals surface area contributed by atoms with E-state index in [2.05, 4.69) is 510 Å². The summed E-state index contributed by atoms with van der Waals surface area (Å²) in [6.07, 6.45) is 0. The van der Waals surface area contributed by atoms with Crippen molar-refractivity contribution in [3.05, 3.63) is 510 Å². The summed E-state index contributed by atoms with van der Waals surface area (Å²) < 4.78 is 0. The van der Waals surface area contributed by atoms with Crippen molar-refractivity contribution in [1.82, 2.24) is 0 Å². The van der Waals surface area contributed by atoms with Crippen molar-refractivity contribution in [1.29, 1.82) is 0 Å². The van der Waals surface area contributed by atoms with Crippen LogP contribution in [0, 0.1) is 0 Å². The van der Waals surface area contributed by atoms with Gasteiger partial charge in [0.1, 0.15) is 0 Å². The summed E-state index contributed by atoms with van der Waals surface area (Å²) in [5.74, 6) is 0. The van der Waals surface area contributed by atoms with Gasteiger partial charge in [-0.05, 0) is 255 Å². The molecule has 0 heterocycles. The van der Waals surface area contributed by atoms with E-state index in [4.69, 9.17) is 0 Å². The van der Waals surface area contributed by atoms with Gasteiger partial charge in [-0.2, -0.15) is 0 Å². The molecule has 0 bridgehead atoms. The molecule has 126 heavy (non-hydrogen) atoms. The second-order valence-corrected chi connectivity index (χ2v) is 32.7. The Morgan fingerprint density at radius 3 is 0.619 bits per heavy atom. The van der Waals surface area contributed by atoms with E-state index in [1.807, 2.05) is 0 Å². The van der Waals surface area contributed by atoms with Crippen molar-refractivity contribution in [2.75, 3.05) is 0 Å². The quantitative estimate of drug-likeness (QED) is 0.107. The molecule has 24 rings (SSSR count). The number of hydrogen-bond acceptors (Lipinski definition) is 0. The zero-order valence-electron chi connectivity index (χ0n) is 69.5. The minimum atomic E-state index is 1.23. The lowest BCUT2D eigenvalue weighted by molar-refractivity contribution is 1.61. The van der Waals surface area contributed by atoms with Crippen LogP contribution in [0.4, 0.5) is 0 Å². The number of benzene rings is 24. The van der Waals surface area contributed by atoms with Gasteiger partial charge in [0, 0.05) is 0 Å². The molecule has 0 heteroatoms. The number of rotatable bonds is 12. The first-order valence-electron chi connectivity index (χ1n) is 43.6. The Bertz CT molecular complexity index is 8010. The van der Waals surface area contributed by atoms with Crippen molar-refractivity contribution in [2.24, 2.45) is 0 Å². The van der Waals surface area contributed by atoms with Crippen molar-refractivity contribution in [2.45, 2.75) is 0 Å². The van der Waals surface area contributed by atoms with Crippen molar-refractivity contribution >= 4 is 97.0 Å². The molecule has 0 fully saturated rings. The second-order valence-electron chi connectivity index (χ2n) is 32.7. The zero-order chi connectivity index (χ0) is 83.6. The zero-order valence-corrected chi connectivity index (χ0v) is 69.5. The Kier molecular flexibility index (Phi) is 20.2. The van der Waals surface area contributed by atoms with Gasteiger partial charge in [-0.1, -0.05) is 485 Å². The van der Waals surface area contributed by atoms with Gasteiger partial charge in [0.2, 0.25) is 0 Å². The molecule has 0 aliphatic carbocycles. The van der Waals surface area contributed by atoms with E-state index in [-0.39, 0.29) is 0 Å². The Balaban J connectivity index is 0.000000112. The lowest BCUT2D eigenvalue weighted by Crippen LogP contribution is -1.91. The van der Waals surface area contributed by atoms with Crippen molar-refractivity contribution < 1.29 is 0 Å². The summed E-state index contributed by atoms with van der Waals surface area (Å²) >= 11 is 0. The van der Waals surface area contributed by atoms with E-state index in [0.717, 1.165) is 0 Å². The van der Waals surface area contributed by atoms with Crippen molar-refractivity contribution in [3.63, 3.8) is 0 Å². The molecule has 0 spiro atoms. The van der Waals surface area contributed by atoms with Gasteiger partial charge in [0.25, 0.3) is 0 Å². The molecule has 0 aliphatic rings. The molecule has 0 nitrogen and oxygen atoms in total. The molecule has 0 radical (unpaired) electrons. The van der Waals surface area contributed by atoms with Gasteiger partial charge < -0.3 is 0 Å². The summed E-state index contributed by atoms with van der Waals surface area (Å²) in [5.41, 5.74) is 30.0. The summed E-state index contributed by atoms with van der Waals surface area (Å²) in [6, 6.07) is 185. The summed E-state index contributed by atoms with van der Waals surface area (Å²) in [6.45, 7) is 0. The molecule has 0 aliphatic heterocycles. The third-order valence-electron chi connectivity index (χ3n) is 25.4. The normalized spacial score (nSPS) is 11.3. The first-order chi connectivity index (χ1) is 62.5. The molecule has 0 amide bonds. The molecule has 0 atom stereocenters. The molecule has 0 saturated carbocycles. The molecular weight excluding hydrogens is 1510 g/mol. The molecular formula is C126H84. The van der Waals surface area contributed by atoms with Crippen LogP contribution in [0.15, 0.2) is 510 Å². The van der Waals surface area contributed by atoms with E-state index in [1.54, 1.807) is 0 Å². The minimum absolute atomic E-state index is 1.23. The van der Waals surface area contributed by atoms with E-state index in [0.29, 0.717) is 0 Å². The third-order valence-corrected chi connectivity index (χ3v) is 25.4. The predicted molar refractivity (Wildman–Crippen MR) is 542 cm³/mol. The first kappa shape index (κ1) is 75.8. The molecule has 24 aromatic rings. The summed E-state index contributed by atoms with van der Waals surface area (Å²) in [7, 11) is 0. The van der Waals surface area contributed by atoms with Crippen LogP contribution in [0.3, 0.4) is 0 Å². The fraction of sp³-hybridized carbons (Fsp3) is 0. The molecule has 0 unspecified atom stereocenters. The maximum atomic E-state index is 2.37. The van der Waals surface area contributed by atoms with E-state index in [9.17, 15) is 0 Å². The van der Waals surface area contributed by atoms with Crippen molar-refractivity contribution in [3.8, 4) is 134 Å². The van der Waals surface area contributed by atoms with Gasteiger partial charge >= 0.3 is 0 Å². The van der Waals surface area contributed by atoms with Gasteiger partial charge in [-0.3, -0.25) is 0 Å². The maximum Gasteiger partial charge on any atom is -0.00262 e. The fourth-order valence-electron chi connectivity index (χ4n) is 19.5. The van der Waals surface area contributed by atoms with Crippen LogP contribution in [0.5, 0.6) is 0 Å². The van der Waals surface area contributed by atoms with Crippen LogP contribution in [-0.2, 0) is 0 Å². The number of fused-ring (bicyclic) bond motifs is 9. The second kappa shape index (κ2) is 33.6. The third kappa shape index (κ3) is 14.4.